The van der Waals surface area contributed by atoms with Gasteiger partial charge in [-0.3, -0.25) is 0 Å². The van der Waals surface area contributed by atoms with Crippen LogP contribution in [-0.4, -0.2) is 35.4 Å². The van der Waals surface area contributed by atoms with Gasteiger partial charge in [0.25, 0.3) is 0 Å². The van der Waals surface area contributed by atoms with Gasteiger partial charge >= 0.3 is 0 Å². The molecule has 20 heavy (non-hydrogen) atoms. The Balaban J connectivity index is 1.30. The lowest BCUT2D eigenvalue weighted by Gasteiger charge is -2.27. The summed E-state index contributed by atoms with van der Waals surface area (Å²) >= 11 is 0. The van der Waals surface area contributed by atoms with Crippen molar-refractivity contribution in [1.82, 2.24) is 9.97 Å². The normalized spacial score (nSPS) is 35.8. The minimum absolute atomic E-state index is 0.421. The number of ether oxygens (including phenoxy) is 2. The lowest BCUT2D eigenvalue weighted by molar-refractivity contribution is 0.272. The van der Waals surface area contributed by atoms with Gasteiger partial charge in [-0.15, -0.1) is 0 Å². The van der Waals surface area contributed by atoms with Crippen LogP contribution in [0.3, 0.4) is 0 Å². The van der Waals surface area contributed by atoms with Gasteiger partial charge in [-0.05, 0) is 43.6 Å². The highest BCUT2D eigenvalue weighted by molar-refractivity contribution is 5.10. The van der Waals surface area contributed by atoms with Crippen LogP contribution in [0.1, 0.15) is 49.4 Å². The summed E-state index contributed by atoms with van der Waals surface area (Å²) in [6.45, 7) is 1.89. The molecule has 1 aliphatic carbocycles. The van der Waals surface area contributed by atoms with Crippen molar-refractivity contribution in [3.05, 3.63) is 23.8 Å². The van der Waals surface area contributed by atoms with Crippen LogP contribution in [0.25, 0.3) is 0 Å². The predicted octanol–water partition coefficient (Wildman–Crippen LogP) is 2.48. The quantitative estimate of drug-likeness (QED) is 0.774. The molecule has 3 fully saturated rings. The molecular formula is C16H22N2O2. The number of hydrogen-bond donors (Lipinski definition) is 0. The van der Waals surface area contributed by atoms with Gasteiger partial charge in [0.2, 0.25) is 0 Å². The van der Waals surface area contributed by atoms with E-state index in [1.807, 2.05) is 12.4 Å². The Labute approximate surface area is 119 Å². The van der Waals surface area contributed by atoms with Gasteiger partial charge in [-0.1, -0.05) is 0 Å². The van der Waals surface area contributed by atoms with Crippen molar-refractivity contribution in [1.29, 1.82) is 0 Å². The monoisotopic (exact) mass is 274 g/mol. The van der Waals surface area contributed by atoms with E-state index in [2.05, 4.69) is 9.97 Å². The van der Waals surface area contributed by atoms with E-state index in [1.165, 1.54) is 37.7 Å². The van der Waals surface area contributed by atoms with Crippen molar-refractivity contribution in [3.8, 4) is 0 Å². The first-order valence-electron chi connectivity index (χ1n) is 7.91. The molecule has 3 heterocycles. The maximum atomic E-state index is 5.34. The first-order chi connectivity index (χ1) is 9.87. The zero-order valence-electron chi connectivity index (χ0n) is 11.8. The van der Waals surface area contributed by atoms with Crippen molar-refractivity contribution in [2.24, 2.45) is 5.92 Å². The highest BCUT2D eigenvalue weighted by atomic mass is 16.6. The molecule has 108 valence electrons. The highest BCUT2D eigenvalue weighted by Gasteiger charge is 2.30. The highest BCUT2D eigenvalue weighted by Crippen LogP contribution is 2.37. The second-order valence-corrected chi connectivity index (χ2v) is 6.52. The van der Waals surface area contributed by atoms with Gasteiger partial charge in [0, 0.05) is 24.7 Å². The molecule has 1 aromatic rings. The summed E-state index contributed by atoms with van der Waals surface area (Å²) in [5.41, 5.74) is 1.20. The van der Waals surface area contributed by atoms with E-state index >= 15 is 0 Å². The number of hydrogen-bond acceptors (Lipinski definition) is 4. The second kappa shape index (κ2) is 5.41. The molecule has 0 radical (unpaired) electrons. The van der Waals surface area contributed by atoms with E-state index in [-0.39, 0.29) is 0 Å². The molecule has 1 aromatic heterocycles. The van der Waals surface area contributed by atoms with E-state index < -0.39 is 0 Å². The van der Waals surface area contributed by atoms with Crippen molar-refractivity contribution in [3.63, 3.8) is 0 Å². The van der Waals surface area contributed by atoms with Crippen LogP contribution in [0.2, 0.25) is 0 Å². The van der Waals surface area contributed by atoms with Crippen LogP contribution in [0.4, 0.5) is 0 Å². The Morgan fingerprint density at radius 3 is 2.20 bits per heavy atom. The maximum Gasteiger partial charge on any atom is 0.131 e. The molecule has 0 N–H and O–H groups in total. The fourth-order valence-corrected chi connectivity index (χ4v) is 3.36. The average molecular weight is 274 g/mol. The van der Waals surface area contributed by atoms with Gasteiger partial charge in [-0.25, -0.2) is 9.97 Å². The summed E-state index contributed by atoms with van der Waals surface area (Å²) in [6.07, 6.45) is 12.3. The van der Waals surface area contributed by atoms with E-state index in [1.54, 1.807) is 0 Å². The largest absolute Gasteiger partial charge is 0.373 e. The fraction of sp³-hybridized carbons (Fsp3) is 0.750. The first-order valence-corrected chi connectivity index (χ1v) is 7.91. The standard InChI is InChI=1S/C16H22N2O2/c1-3-13(4-2-11(1)5-14-9-19-14)16-17-7-12(8-18-16)6-15-10-20-15/h7-8,11,13-15H,1-6,9-10H2. The molecule has 1 saturated carbocycles. The molecule has 0 aromatic carbocycles. The zero-order valence-corrected chi connectivity index (χ0v) is 11.8. The second-order valence-electron chi connectivity index (χ2n) is 6.52. The minimum Gasteiger partial charge on any atom is -0.373 e. The van der Waals surface area contributed by atoms with E-state index in [0.29, 0.717) is 18.1 Å². The average Bonchev–Trinajstić information content (AvgIpc) is 3.37. The molecule has 2 saturated heterocycles. The molecule has 4 heteroatoms. The molecule has 0 spiro atoms. The predicted molar refractivity (Wildman–Crippen MR) is 74.5 cm³/mol. The molecule has 4 rings (SSSR count). The maximum absolute atomic E-state index is 5.34. The van der Waals surface area contributed by atoms with Crippen molar-refractivity contribution in [2.75, 3.05) is 13.2 Å². The van der Waals surface area contributed by atoms with Gasteiger partial charge in [0.05, 0.1) is 25.4 Å². The summed E-state index contributed by atoms with van der Waals surface area (Å²) in [5, 5.41) is 0. The van der Waals surface area contributed by atoms with Crippen molar-refractivity contribution >= 4 is 0 Å². The Kier molecular flexibility index (Phi) is 3.44. The van der Waals surface area contributed by atoms with Crippen LogP contribution in [0.5, 0.6) is 0 Å². The summed E-state index contributed by atoms with van der Waals surface area (Å²) in [6, 6.07) is 0. The minimum atomic E-state index is 0.421. The van der Waals surface area contributed by atoms with Crippen LogP contribution < -0.4 is 0 Å². The third-order valence-corrected chi connectivity index (χ3v) is 4.80. The molecular weight excluding hydrogens is 252 g/mol. The third-order valence-electron chi connectivity index (χ3n) is 4.80. The fourth-order valence-electron chi connectivity index (χ4n) is 3.36. The van der Waals surface area contributed by atoms with Crippen molar-refractivity contribution in [2.45, 2.75) is 56.7 Å². The lowest BCUT2D eigenvalue weighted by atomic mass is 9.79. The van der Waals surface area contributed by atoms with Crippen LogP contribution in [0, 0.1) is 5.92 Å². The van der Waals surface area contributed by atoms with E-state index in [9.17, 15) is 0 Å². The Hall–Kier alpha value is -1.00. The summed E-state index contributed by atoms with van der Waals surface area (Å²) < 4.78 is 10.6. The Bertz CT molecular complexity index is 446. The lowest BCUT2D eigenvalue weighted by Crippen LogP contribution is -2.16. The number of epoxide rings is 2. The molecule has 2 atom stereocenters. The van der Waals surface area contributed by atoms with Crippen LogP contribution in [0.15, 0.2) is 12.4 Å². The zero-order chi connectivity index (χ0) is 13.4. The SMILES string of the molecule is c1nc(C2CCC(CC3CO3)CC2)ncc1CC1CO1. The molecule has 0 amide bonds. The number of aromatic nitrogens is 2. The number of rotatable bonds is 5. The molecule has 3 aliphatic rings. The third kappa shape index (κ3) is 3.18. The van der Waals surface area contributed by atoms with Crippen LogP contribution in [-0.2, 0) is 15.9 Å². The summed E-state index contributed by atoms with van der Waals surface area (Å²) in [4.78, 5) is 9.18. The van der Waals surface area contributed by atoms with Crippen LogP contribution >= 0.6 is 0 Å². The first kappa shape index (κ1) is 12.7. The van der Waals surface area contributed by atoms with E-state index in [4.69, 9.17) is 9.47 Å². The number of nitrogens with zero attached hydrogens (tertiary/aromatic N) is 2. The summed E-state index contributed by atoms with van der Waals surface area (Å²) in [7, 11) is 0. The molecule has 0 bridgehead atoms. The Morgan fingerprint density at radius 2 is 1.60 bits per heavy atom. The molecule has 2 unspecified atom stereocenters. The van der Waals surface area contributed by atoms with E-state index in [0.717, 1.165) is 31.4 Å². The van der Waals surface area contributed by atoms with Crippen molar-refractivity contribution < 1.29 is 9.47 Å². The van der Waals surface area contributed by atoms with Gasteiger partial charge < -0.3 is 9.47 Å². The molecule has 2 aliphatic heterocycles. The van der Waals surface area contributed by atoms with Gasteiger partial charge in [0.15, 0.2) is 0 Å². The summed E-state index contributed by atoms with van der Waals surface area (Å²) in [5.74, 6) is 2.48. The topological polar surface area (TPSA) is 50.8 Å². The Morgan fingerprint density at radius 1 is 0.950 bits per heavy atom. The van der Waals surface area contributed by atoms with Gasteiger partial charge in [-0.2, -0.15) is 0 Å². The smallest absolute Gasteiger partial charge is 0.131 e. The van der Waals surface area contributed by atoms with Gasteiger partial charge in [0.1, 0.15) is 5.82 Å². The molecule has 4 nitrogen and oxygen atoms in total.